The molecular weight excluding hydrogens is 340 g/mol. The van der Waals surface area contributed by atoms with E-state index in [-0.39, 0.29) is 23.8 Å². The molecule has 27 heavy (non-hydrogen) atoms. The molecule has 0 amide bonds. The lowest BCUT2D eigenvalue weighted by molar-refractivity contribution is -0.121. The third-order valence-corrected chi connectivity index (χ3v) is 5.39. The second-order valence-electron chi connectivity index (χ2n) is 7.24. The topological polar surface area (TPSA) is 60.4 Å². The summed E-state index contributed by atoms with van der Waals surface area (Å²) in [6, 6.07) is 17.9. The minimum absolute atomic E-state index is 0.0704. The first kappa shape index (κ1) is 17.6. The molecule has 4 nitrogen and oxygen atoms in total. The zero-order chi connectivity index (χ0) is 19.0. The third-order valence-electron chi connectivity index (χ3n) is 5.39. The van der Waals surface area contributed by atoms with E-state index >= 15 is 0 Å². The molecule has 136 valence electrons. The Bertz CT molecular complexity index is 916. The summed E-state index contributed by atoms with van der Waals surface area (Å²) in [4.78, 5) is 38.6. The Kier molecular flexibility index (Phi) is 4.36. The number of hydrogen-bond acceptors (Lipinski definition) is 4. The van der Waals surface area contributed by atoms with E-state index in [9.17, 15) is 14.4 Å². The molecule has 1 fully saturated rings. The fraction of sp³-hybridized carbons (Fsp3) is 0.261. The summed E-state index contributed by atoms with van der Waals surface area (Å²) in [6.07, 6.45) is 3.22. The molecule has 2 aromatic carbocycles. The molecule has 1 saturated heterocycles. The lowest BCUT2D eigenvalue weighted by Crippen LogP contribution is -2.44. The summed E-state index contributed by atoms with van der Waals surface area (Å²) in [5.41, 5.74) is 0.0372. The van der Waals surface area contributed by atoms with Gasteiger partial charge in [0.05, 0.1) is 17.9 Å². The van der Waals surface area contributed by atoms with Crippen molar-refractivity contribution in [3.8, 4) is 0 Å². The summed E-state index contributed by atoms with van der Waals surface area (Å²) in [5, 5.41) is 0. The maximum Gasteiger partial charge on any atom is 0.170 e. The number of rotatable bonds is 6. The van der Waals surface area contributed by atoms with Crippen LogP contribution in [0.4, 0.5) is 0 Å². The van der Waals surface area contributed by atoms with Crippen molar-refractivity contribution in [3.05, 3.63) is 83.9 Å². The van der Waals surface area contributed by atoms with Crippen LogP contribution in [0.1, 0.15) is 34.1 Å². The Morgan fingerprint density at radius 1 is 0.889 bits per heavy atom. The average molecular weight is 360 g/mol. The van der Waals surface area contributed by atoms with Gasteiger partial charge in [0.2, 0.25) is 0 Å². The van der Waals surface area contributed by atoms with Crippen molar-refractivity contribution in [1.82, 2.24) is 0 Å². The number of carbonyl (C=O) groups excluding carboxylic acids is 3. The molecule has 2 aliphatic heterocycles. The number of Topliss-reactive ketones (excluding diaryl/α,β-unsaturated/α-hetero) is 3. The van der Waals surface area contributed by atoms with Crippen molar-refractivity contribution in [3.63, 3.8) is 0 Å². The Morgan fingerprint density at radius 2 is 1.44 bits per heavy atom. The smallest absolute Gasteiger partial charge is 0.170 e. The normalized spacial score (nSPS) is 28.3. The first-order valence-electron chi connectivity index (χ1n) is 9.07. The molecule has 2 bridgehead atoms. The van der Waals surface area contributed by atoms with Gasteiger partial charge in [-0.15, -0.1) is 0 Å². The fourth-order valence-electron chi connectivity index (χ4n) is 4.32. The van der Waals surface area contributed by atoms with Gasteiger partial charge in [-0.2, -0.15) is 0 Å². The monoisotopic (exact) mass is 360 g/mol. The molecule has 0 aromatic heterocycles. The number of carbonyl (C=O) groups is 3. The highest BCUT2D eigenvalue weighted by atomic mass is 16.5. The minimum Gasteiger partial charge on any atom is -0.362 e. The lowest BCUT2D eigenvalue weighted by atomic mass is 9.68. The van der Waals surface area contributed by atoms with E-state index < -0.39 is 23.5 Å². The van der Waals surface area contributed by atoms with Gasteiger partial charge in [-0.25, -0.2) is 0 Å². The van der Waals surface area contributed by atoms with Crippen molar-refractivity contribution in [2.45, 2.75) is 25.0 Å². The standard InChI is InChI=1S/C23H20O4/c1-15(24)14-23-13-12-18(27-23)19(21(25)16-8-4-2-5-9-16)20(23)22(26)17-10-6-3-7-11-17/h2-13,18-20H,14H2,1H3/t18-,19+,20+,23+/m0/s1. The van der Waals surface area contributed by atoms with Gasteiger partial charge in [0, 0.05) is 17.5 Å². The van der Waals surface area contributed by atoms with E-state index in [1.54, 1.807) is 54.6 Å². The summed E-state index contributed by atoms with van der Waals surface area (Å²) >= 11 is 0. The molecule has 0 aliphatic carbocycles. The van der Waals surface area contributed by atoms with E-state index in [4.69, 9.17) is 4.74 Å². The van der Waals surface area contributed by atoms with Gasteiger partial charge >= 0.3 is 0 Å². The van der Waals surface area contributed by atoms with E-state index in [0.717, 1.165) is 0 Å². The second kappa shape index (κ2) is 6.71. The van der Waals surface area contributed by atoms with Gasteiger partial charge in [-0.3, -0.25) is 14.4 Å². The number of fused-ring (bicyclic) bond motifs is 2. The average Bonchev–Trinajstić information content (AvgIpc) is 3.23. The van der Waals surface area contributed by atoms with Gasteiger partial charge in [-0.1, -0.05) is 72.8 Å². The second-order valence-corrected chi connectivity index (χ2v) is 7.24. The van der Waals surface area contributed by atoms with Gasteiger partial charge in [0.15, 0.2) is 11.6 Å². The van der Waals surface area contributed by atoms with Gasteiger partial charge in [0.25, 0.3) is 0 Å². The van der Waals surface area contributed by atoms with Crippen LogP contribution >= 0.6 is 0 Å². The van der Waals surface area contributed by atoms with Crippen LogP contribution in [0.3, 0.4) is 0 Å². The molecule has 2 aliphatic rings. The van der Waals surface area contributed by atoms with Crippen LogP contribution in [-0.2, 0) is 9.53 Å². The highest BCUT2D eigenvalue weighted by Crippen LogP contribution is 2.51. The van der Waals surface area contributed by atoms with E-state index in [1.165, 1.54) is 6.92 Å². The molecule has 2 aromatic rings. The lowest BCUT2D eigenvalue weighted by Gasteiger charge is -2.31. The molecule has 0 radical (unpaired) electrons. The van der Waals surface area contributed by atoms with Crippen LogP contribution < -0.4 is 0 Å². The summed E-state index contributed by atoms with van der Waals surface area (Å²) in [6.45, 7) is 1.48. The molecule has 4 atom stereocenters. The van der Waals surface area contributed by atoms with Crippen LogP contribution in [0.5, 0.6) is 0 Å². The molecule has 0 N–H and O–H groups in total. The zero-order valence-corrected chi connectivity index (χ0v) is 15.0. The van der Waals surface area contributed by atoms with Gasteiger partial charge < -0.3 is 4.74 Å². The first-order chi connectivity index (χ1) is 13.0. The SMILES string of the molecule is CC(=O)C[C@@]12C=C[C@H](O1)[C@@H](C(=O)c1ccccc1)[C@@H]2C(=O)c1ccccc1. The van der Waals surface area contributed by atoms with Crippen LogP contribution in [0, 0.1) is 11.8 Å². The van der Waals surface area contributed by atoms with E-state index in [0.29, 0.717) is 11.1 Å². The third kappa shape index (κ3) is 2.96. The summed E-state index contributed by atoms with van der Waals surface area (Å²) < 4.78 is 6.11. The summed E-state index contributed by atoms with van der Waals surface area (Å²) in [5.74, 6) is -1.70. The molecule has 2 heterocycles. The predicted molar refractivity (Wildman–Crippen MR) is 101 cm³/mol. The fourth-order valence-corrected chi connectivity index (χ4v) is 4.32. The zero-order valence-electron chi connectivity index (χ0n) is 15.0. The molecule has 0 saturated carbocycles. The van der Waals surface area contributed by atoms with Crippen molar-refractivity contribution >= 4 is 17.3 Å². The van der Waals surface area contributed by atoms with E-state index in [2.05, 4.69) is 0 Å². The first-order valence-corrected chi connectivity index (χ1v) is 9.07. The highest BCUT2D eigenvalue weighted by molar-refractivity contribution is 6.07. The molecular formula is C23H20O4. The number of hydrogen-bond donors (Lipinski definition) is 0. The van der Waals surface area contributed by atoms with Crippen molar-refractivity contribution in [1.29, 1.82) is 0 Å². The molecule has 4 rings (SSSR count). The van der Waals surface area contributed by atoms with Gasteiger partial charge in [-0.05, 0) is 6.92 Å². The Labute approximate surface area is 157 Å². The summed E-state index contributed by atoms with van der Waals surface area (Å²) in [7, 11) is 0. The van der Waals surface area contributed by atoms with Crippen molar-refractivity contribution in [2.24, 2.45) is 11.8 Å². The van der Waals surface area contributed by atoms with Crippen LogP contribution in [-0.4, -0.2) is 29.1 Å². The number of ketones is 3. The van der Waals surface area contributed by atoms with Crippen LogP contribution in [0.15, 0.2) is 72.8 Å². The molecule has 0 unspecified atom stereocenters. The van der Waals surface area contributed by atoms with E-state index in [1.807, 2.05) is 18.2 Å². The Morgan fingerprint density at radius 3 is 2.00 bits per heavy atom. The number of benzene rings is 2. The Balaban J connectivity index is 1.78. The van der Waals surface area contributed by atoms with Crippen molar-refractivity contribution < 1.29 is 19.1 Å². The highest BCUT2D eigenvalue weighted by Gasteiger charge is 2.61. The molecule has 0 spiro atoms. The van der Waals surface area contributed by atoms with Crippen LogP contribution in [0.2, 0.25) is 0 Å². The number of ether oxygens (including phenoxy) is 1. The van der Waals surface area contributed by atoms with Crippen molar-refractivity contribution in [2.75, 3.05) is 0 Å². The van der Waals surface area contributed by atoms with Gasteiger partial charge in [0.1, 0.15) is 11.4 Å². The molecule has 4 heteroatoms. The quantitative estimate of drug-likeness (QED) is 0.582. The maximum atomic E-state index is 13.4. The minimum atomic E-state index is -1.04. The predicted octanol–water partition coefficient (Wildman–Crippen LogP) is 3.67. The van der Waals surface area contributed by atoms with Crippen LogP contribution in [0.25, 0.3) is 0 Å². The Hall–Kier alpha value is -2.85. The largest absolute Gasteiger partial charge is 0.362 e. The maximum absolute atomic E-state index is 13.4.